The number of furan rings is 1. The molecule has 0 atom stereocenters. The van der Waals surface area contributed by atoms with Crippen LogP contribution in [-0.4, -0.2) is 24.1 Å². The van der Waals surface area contributed by atoms with E-state index in [4.69, 9.17) is 19.4 Å². The van der Waals surface area contributed by atoms with E-state index in [9.17, 15) is 0 Å². The van der Waals surface area contributed by atoms with Crippen LogP contribution in [0.15, 0.2) is 217 Å². The normalized spacial score (nSPS) is 11.8. The predicted molar refractivity (Wildman–Crippen MR) is 258 cm³/mol. The molecule has 0 saturated carbocycles. The van der Waals surface area contributed by atoms with E-state index in [1.54, 1.807) is 6.33 Å². The summed E-state index contributed by atoms with van der Waals surface area (Å²) in [6.45, 7) is 0. The molecule has 0 saturated heterocycles. The van der Waals surface area contributed by atoms with Crippen LogP contribution < -0.4 is 0 Å². The number of fused-ring (bicyclic) bond motifs is 9. The number of rotatable bonds is 6. The van der Waals surface area contributed by atoms with Gasteiger partial charge in [-0.1, -0.05) is 140 Å². The van der Waals surface area contributed by atoms with Gasteiger partial charge in [-0.05, 0) is 89.0 Å². The molecule has 0 aliphatic carbocycles. The molecule has 13 aromatic rings. The Morgan fingerprint density at radius 3 is 1.63 bits per heavy atom. The molecule has 13 rings (SSSR count). The van der Waals surface area contributed by atoms with Crippen molar-refractivity contribution in [3.05, 3.63) is 213 Å². The number of para-hydroxylation sites is 5. The largest absolute Gasteiger partial charge is 0.455 e. The van der Waals surface area contributed by atoms with Gasteiger partial charge in [0.1, 0.15) is 17.5 Å². The van der Waals surface area contributed by atoms with Crippen LogP contribution in [0.1, 0.15) is 0 Å². The maximum Gasteiger partial charge on any atom is 0.167 e. The zero-order valence-corrected chi connectivity index (χ0v) is 33.9. The number of nitrogens with zero attached hydrogens (tertiary/aromatic N) is 5. The van der Waals surface area contributed by atoms with E-state index in [1.165, 1.54) is 27.3 Å². The van der Waals surface area contributed by atoms with Crippen molar-refractivity contribution in [2.24, 2.45) is 0 Å². The lowest BCUT2D eigenvalue weighted by Crippen LogP contribution is -2.00. The minimum atomic E-state index is 0.529. The lowest BCUT2D eigenvalue weighted by molar-refractivity contribution is 0.669. The molecular formula is C57H35N5O. The quantitative estimate of drug-likeness (QED) is 0.168. The van der Waals surface area contributed by atoms with Crippen LogP contribution in [0.5, 0.6) is 0 Å². The van der Waals surface area contributed by atoms with Crippen LogP contribution >= 0.6 is 0 Å². The van der Waals surface area contributed by atoms with Crippen molar-refractivity contribution in [1.82, 2.24) is 24.1 Å². The smallest absolute Gasteiger partial charge is 0.167 e. The molecular weight excluding hydrogens is 771 g/mol. The summed E-state index contributed by atoms with van der Waals surface area (Å²) in [5.41, 5.74) is 14.3. The fourth-order valence-electron chi connectivity index (χ4n) is 9.65. The summed E-state index contributed by atoms with van der Waals surface area (Å²) in [7, 11) is 0. The number of hydrogen-bond acceptors (Lipinski definition) is 4. The van der Waals surface area contributed by atoms with Crippen molar-refractivity contribution >= 4 is 65.6 Å². The second kappa shape index (κ2) is 14.0. The minimum absolute atomic E-state index is 0.529. The van der Waals surface area contributed by atoms with Crippen molar-refractivity contribution in [2.45, 2.75) is 0 Å². The maximum atomic E-state index is 6.89. The zero-order valence-electron chi connectivity index (χ0n) is 33.9. The second-order valence-electron chi connectivity index (χ2n) is 16.0. The van der Waals surface area contributed by atoms with Gasteiger partial charge in [0.05, 0.1) is 27.6 Å². The Morgan fingerprint density at radius 1 is 0.349 bits per heavy atom. The molecule has 9 aromatic carbocycles. The van der Waals surface area contributed by atoms with Gasteiger partial charge in [0, 0.05) is 49.3 Å². The average Bonchev–Trinajstić information content (AvgIpc) is 4.02. The highest BCUT2D eigenvalue weighted by molar-refractivity contribution is 6.15. The van der Waals surface area contributed by atoms with Crippen molar-refractivity contribution in [2.75, 3.05) is 0 Å². The molecule has 0 aliphatic rings. The summed E-state index contributed by atoms with van der Waals surface area (Å²) in [5, 5.41) is 6.68. The van der Waals surface area contributed by atoms with Crippen LogP contribution in [0.3, 0.4) is 0 Å². The standard InChI is InChI=1S/C57H35N5O/c1-3-15-36(16-4-1)37-17-13-18-38(31-37)39-29-30-53-47(32-39)48-33-41(61-50-26-10-7-21-42(50)43-22-8-11-27-51(43)61)34-49(55(48)63-53)57-59-35-58-56(60-57)46-25-14-24-45-44-23-9-12-28-52(44)62(54(45)46)40-19-5-2-6-20-40/h1-35H. The molecule has 0 bridgehead atoms. The number of benzene rings is 9. The van der Waals surface area contributed by atoms with E-state index in [0.717, 1.165) is 83.0 Å². The highest BCUT2D eigenvalue weighted by Crippen LogP contribution is 2.42. The molecule has 6 heteroatoms. The van der Waals surface area contributed by atoms with E-state index >= 15 is 0 Å². The van der Waals surface area contributed by atoms with E-state index in [-0.39, 0.29) is 0 Å². The molecule has 0 spiro atoms. The molecule has 4 aromatic heterocycles. The summed E-state index contributed by atoms with van der Waals surface area (Å²) in [6.07, 6.45) is 1.63. The summed E-state index contributed by atoms with van der Waals surface area (Å²) < 4.78 is 11.6. The first-order chi connectivity index (χ1) is 31.2. The molecule has 63 heavy (non-hydrogen) atoms. The summed E-state index contributed by atoms with van der Waals surface area (Å²) in [6, 6.07) is 72.8. The van der Waals surface area contributed by atoms with Gasteiger partial charge in [-0.25, -0.2) is 15.0 Å². The van der Waals surface area contributed by atoms with Gasteiger partial charge in [-0.3, -0.25) is 0 Å². The van der Waals surface area contributed by atoms with E-state index in [0.29, 0.717) is 11.6 Å². The molecule has 0 radical (unpaired) electrons. The Morgan fingerprint density at radius 2 is 0.905 bits per heavy atom. The van der Waals surface area contributed by atoms with Crippen LogP contribution in [0.4, 0.5) is 0 Å². The van der Waals surface area contributed by atoms with Gasteiger partial charge in [-0.2, -0.15) is 0 Å². The number of aromatic nitrogens is 5. The summed E-state index contributed by atoms with van der Waals surface area (Å²) in [4.78, 5) is 15.1. The van der Waals surface area contributed by atoms with Crippen molar-refractivity contribution in [3.63, 3.8) is 0 Å². The molecule has 0 N–H and O–H groups in total. The van der Waals surface area contributed by atoms with Gasteiger partial charge in [0.2, 0.25) is 0 Å². The highest BCUT2D eigenvalue weighted by Gasteiger charge is 2.22. The minimum Gasteiger partial charge on any atom is -0.455 e. The maximum absolute atomic E-state index is 6.89. The van der Waals surface area contributed by atoms with Crippen LogP contribution in [0.25, 0.3) is 122 Å². The summed E-state index contributed by atoms with van der Waals surface area (Å²) in [5.74, 6) is 1.11. The van der Waals surface area contributed by atoms with Crippen LogP contribution in [0, 0.1) is 0 Å². The second-order valence-corrected chi connectivity index (χ2v) is 16.0. The first-order valence-corrected chi connectivity index (χ1v) is 21.2. The monoisotopic (exact) mass is 805 g/mol. The lowest BCUT2D eigenvalue weighted by Gasteiger charge is -2.12. The third kappa shape index (κ3) is 5.55. The Balaban J connectivity index is 1.06. The number of hydrogen-bond donors (Lipinski definition) is 0. The molecule has 0 fully saturated rings. The first-order valence-electron chi connectivity index (χ1n) is 21.2. The third-order valence-electron chi connectivity index (χ3n) is 12.5. The topological polar surface area (TPSA) is 61.7 Å². The van der Waals surface area contributed by atoms with Crippen molar-refractivity contribution in [1.29, 1.82) is 0 Å². The third-order valence-corrected chi connectivity index (χ3v) is 12.5. The van der Waals surface area contributed by atoms with E-state index < -0.39 is 0 Å². The summed E-state index contributed by atoms with van der Waals surface area (Å²) >= 11 is 0. The Kier molecular flexibility index (Phi) is 7.80. The fourth-order valence-corrected chi connectivity index (χ4v) is 9.65. The molecule has 6 nitrogen and oxygen atoms in total. The molecule has 0 unspecified atom stereocenters. The molecule has 294 valence electrons. The Hall–Kier alpha value is -8.61. The average molecular weight is 806 g/mol. The predicted octanol–water partition coefficient (Wildman–Crippen LogP) is 14.6. The van der Waals surface area contributed by atoms with Crippen molar-refractivity contribution < 1.29 is 4.42 Å². The van der Waals surface area contributed by atoms with Crippen LogP contribution in [-0.2, 0) is 0 Å². The molecule has 0 amide bonds. The van der Waals surface area contributed by atoms with E-state index in [2.05, 4.69) is 209 Å². The van der Waals surface area contributed by atoms with E-state index in [1.807, 2.05) is 6.07 Å². The molecule has 0 aliphatic heterocycles. The highest BCUT2D eigenvalue weighted by atomic mass is 16.3. The SMILES string of the molecule is c1ccc(-c2cccc(-c3ccc4oc5c(-c6ncnc(-c7cccc8c9ccccc9n(-c9ccccc9)c78)n6)cc(-n6c7ccccc7c7ccccc76)cc5c4c3)c2)cc1. The van der Waals surface area contributed by atoms with Crippen molar-refractivity contribution in [3.8, 4) is 56.4 Å². The van der Waals surface area contributed by atoms with Gasteiger partial charge in [-0.15, -0.1) is 0 Å². The molecule has 4 heterocycles. The Bertz CT molecular complexity index is 3860. The van der Waals surface area contributed by atoms with Crippen LogP contribution in [0.2, 0.25) is 0 Å². The van der Waals surface area contributed by atoms with Gasteiger partial charge in [0.25, 0.3) is 0 Å². The first kappa shape index (κ1) is 35.2. The fraction of sp³-hybridized carbons (Fsp3) is 0. The van der Waals surface area contributed by atoms with Gasteiger partial charge >= 0.3 is 0 Å². The van der Waals surface area contributed by atoms with Gasteiger partial charge in [0.15, 0.2) is 11.6 Å². The van der Waals surface area contributed by atoms with Gasteiger partial charge < -0.3 is 13.6 Å². The Labute approximate surface area is 361 Å². The zero-order chi connectivity index (χ0) is 41.4. The lowest BCUT2D eigenvalue weighted by atomic mass is 9.97.